The molecule has 184 valence electrons. The fourth-order valence-corrected chi connectivity index (χ4v) is 5.00. The highest BCUT2D eigenvalue weighted by atomic mass is 32.1. The zero-order chi connectivity index (χ0) is 25.5. The molecule has 4 aromatic rings. The molecule has 0 saturated heterocycles. The van der Waals surface area contributed by atoms with Crippen molar-refractivity contribution in [1.29, 1.82) is 0 Å². The smallest absolute Gasteiger partial charge is 0.407 e. The number of aromatic amines is 1. The van der Waals surface area contributed by atoms with Crippen molar-refractivity contribution in [3.05, 3.63) is 63.5 Å². The second kappa shape index (κ2) is 9.00. The third kappa shape index (κ3) is 4.89. The van der Waals surface area contributed by atoms with Gasteiger partial charge in [-0.2, -0.15) is 0 Å². The van der Waals surface area contributed by atoms with E-state index >= 15 is 4.39 Å². The minimum atomic E-state index is -0.686. The number of fused-ring (bicyclic) bond motifs is 3. The fraction of sp³-hybridized carbons (Fsp3) is 0.333. The number of carbonyl (C=O) groups is 1. The Balaban J connectivity index is 1.76. The van der Waals surface area contributed by atoms with E-state index in [2.05, 4.69) is 10.3 Å². The van der Waals surface area contributed by atoms with Gasteiger partial charge in [0.15, 0.2) is 0 Å². The van der Waals surface area contributed by atoms with E-state index in [1.165, 1.54) is 17.4 Å². The molecule has 6 nitrogen and oxygen atoms in total. The van der Waals surface area contributed by atoms with E-state index in [1.807, 2.05) is 31.4 Å². The highest BCUT2D eigenvalue weighted by Crippen LogP contribution is 2.41. The average Bonchev–Trinajstić information content (AvgIpc) is 3.26. The first kappa shape index (κ1) is 24.7. The van der Waals surface area contributed by atoms with Crippen LogP contribution in [0.25, 0.3) is 32.1 Å². The van der Waals surface area contributed by atoms with Crippen molar-refractivity contribution in [3.8, 4) is 16.9 Å². The van der Waals surface area contributed by atoms with Crippen LogP contribution in [0.2, 0.25) is 0 Å². The summed E-state index contributed by atoms with van der Waals surface area (Å²) in [5.41, 5.74) is 1.00. The summed E-state index contributed by atoms with van der Waals surface area (Å²) >= 11 is 1.36. The summed E-state index contributed by atoms with van der Waals surface area (Å²) in [5, 5.41) is 6.21. The zero-order valence-electron chi connectivity index (χ0n) is 20.7. The molecule has 0 unspecified atom stereocenters. The maximum absolute atomic E-state index is 15.5. The van der Waals surface area contributed by atoms with Crippen molar-refractivity contribution in [2.45, 2.75) is 45.6 Å². The summed E-state index contributed by atoms with van der Waals surface area (Å²) in [4.78, 5) is 27.5. The average molecular weight is 497 g/mol. The van der Waals surface area contributed by atoms with Gasteiger partial charge in [0, 0.05) is 33.8 Å². The standard InChI is InChI=1S/C27H29FN2O4S/c1-26(2,3)34-25(32)29-14-27(4,5)17-8-7-15(13-18(17)28)21-20(33-6)10-9-19-22(21)16-11-12-35-23(16)24(31)30-19/h7-13H,14H2,1-6H3,(H,29,32)(H,30,31). The van der Waals surface area contributed by atoms with E-state index in [4.69, 9.17) is 9.47 Å². The maximum Gasteiger partial charge on any atom is 0.407 e. The maximum atomic E-state index is 15.5. The van der Waals surface area contributed by atoms with Gasteiger partial charge in [-0.15, -0.1) is 11.3 Å². The van der Waals surface area contributed by atoms with Crippen LogP contribution in [-0.2, 0) is 10.2 Å². The molecule has 0 saturated carbocycles. The van der Waals surface area contributed by atoms with Gasteiger partial charge in [0.05, 0.1) is 7.11 Å². The molecule has 8 heteroatoms. The first-order chi connectivity index (χ1) is 16.4. The molecule has 0 fully saturated rings. The Morgan fingerprint density at radius 1 is 1.11 bits per heavy atom. The summed E-state index contributed by atoms with van der Waals surface area (Å²) in [5.74, 6) is 0.179. The van der Waals surface area contributed by atoms with Crippen molar-refractivity contribution >= 4 is 38.4 Å². The molecular weight excluding hydrogens is 467 g/mol. The van der Waals surface area contributed by atoms with Crippen molar-refractivity contribution in [1.82, 2.24) is 10.3 Å². The number of alkyl carbamates (subject to hydrolysis) is 1. The Kier molecular flexibility index (Phi) is 6.36. The summed E-state index contributed by atoms with van der Waals surface area (Å²) in [6, 6.07) is 10.5. The molecule has 0 aliphatic heterocycles. The monoisotopic (exact) mass is 496 g/mol. The molecule has 0 atom stereocenters. The number of hydrogen-bond acceptors (Lipinski definition) is 5. The van der Waals surface area contributed by atoms with Crippen molar-refractivity contribution < 1.29 is 18.7 Å². The van der Waals surface area contributed by atoms with Crippen molar-refractivity contribution in [2.24, 2.45) is 0 Å². The molecule has 2 aromatic carbocycles. The second-order valence-corrected chi connectivity index (χ2v) is 11.0. The van der Waals surface area contributed by atoms with E-state index < -0.39 is 22.9 Å². The van der Waals surface area contributed by atoms with Gasteiger partial charge in [0.25, 0.3) is 5.56 Å². The van der Waals surface area contributed by atoms with Gasteiger partial charge < -0.3 is 19.8 Å². The highest BCUT2D eigenvalue weighted by molar-refractivity contribution is 7.17. The Morgan fingerprint density at radius 2 is 1.86 bits per heavy atom. The van der Waals surface area contributed by atoms with Crippen LogP contribution in [0, 0.1) is 5.82 Å². The molecule has 0 radical (unpaired) electrons. The Labute approximate surface area is 207 Å². The number of ether oxygens (including phenoxy) is 2. The van der Waals surface area contributed by atoms with Crippen molar-refractivity contribution in [2.75, 3.05) is 13.7 Å². The third-order valence-electron chi connectivity index (χ3n) is 5.84. The van der Waals surface area contributed by atoms with Crippen LogP contribution in [0.4, 0.5) is 9.18 Å². The van der Waals surface area contributed by atoms with Crippen LogP contribution in [-0.4, -0.2) is 30.3 Å². The summed E-state index contributed by atoms with van der Waals surface area (Å²) in [6.45, 7) is 9.29. The number of rotatable bonds is 5. The number of aromatic nitrogens is 1. The van der Waals surface area contributed by atoms with Gasteiger partial charge in [0.1, 0.15) is 21.9 Å². The van der Waals surface area contributed by atoms with E-state index in [0.29, 0.717) is 32.7 Å². The van der Waals surface area contributed by atoms with E-state index in [-0.39, 0.29) is 12.1 Å². The van der Waals surface area contributed by atoms with E-state index in [1.54, 1.807) is 46.1 Å². The minimum absolute atomic E-state index is 0.153. The number of thiophene rings is 1. The largest absolute Gasteiger partial charge is 0.496 e. The van der Waals surface area contributed by atoms with Crippen LogP contribution in [0.15, 0.2) is 46.6 Å². The van der Waals surface area contributed by atoms with E-state index in [0.717, 1.165) is 10.8 Å². The van der Waals surface area contributed by atoms with E-state index in [9.17, 15) is 9.59 Å². The predicted octanol–water partition coefficient (Wildman–Crippen LogP) is 6.36. The van der Waals surface area contributed by atoms with Gasteiger partial charge in [-0.3, -0.25) is 4.79 Å². The summed E-state index contributed by atoms with van der Waals surface area (Å²) < 4.78 is 27.1. The molecule has 0 bridgehead atoms. The normalized spacial score (nSPS) is 12.2. The lowest BCUT2D eigenvalue weighted by molar-refractivity contribution is 0.0517. The van der Waals surface area contributed by atoms with Gasteiger partial charge in [0.2, 0.25) is 0 Å². The molecule has 1 amide bonds. The van der Waals surface area contributed by atoms with Crippen LogP contribution >= 0.6 is 11.3 Å². The highest BCUT2D eigenvalue weighted by Gasteiger charge is 2.27. The van der Waals surface area contributed by atoms with Crippen LogP contribution < -0.4 is 15.6 Å². The number of methoxy groups -OCH3 is 1. The third-order valence-corrected chi connectivity index (χ3v) is 6.75. The molecule has 2 N–H and O–H groups in total. The zero-order valence-corrected chi connectivity index (χ0v) is 21.5. The predicted molar refractivity (Wildman–Crippen MR) is 139 cm³/mol. The Hall–Kier alpha value is -3.39. The van der Waals surface area contributed by atoms with Crippen molar-refractivity contribution in [3.63, 3.8) is 0 Å². The molecule has 2 aromatic heterocycles. The first-order valence-corrected chi connectivity index (χ1v) is 12.2. The van der Waals surface area contributed by atoms with Gasteiger partial charge in [-0.25, -0.2) is 9.18 Å². The second-order valence-electron chi connectivity index (χ2n) is 10.1. The molecule has 0 aliphatic rings. The topological polar surface area (TPSA) is 80.4 Å². The lowest BCUT2D eigenvalue weighted by Crippen LogP contribution is -2.40. The minimum Gasteiger partial charge on any atom is -0.496 e. The summed E-state index contributed by atoms with van der Waals surface area (Å²) in [7, 11) is 1.57. The van der Waals surface area contributed by atoms with Gasteiger partial charge in [-0.1, -0.05) is 26.0 Å². The number of H-pyrrole nitrogens is 1. The molecule has 0 spiro atoms. The number of benzene rings is 2. The number of pyridine rings is 1. The van der Waals surface area contributed by atoms with Crippen LogP contribution in [0.3, 0.4) is 0 Å². The molecule has 0 aliphatic carbocycles. The molecule has 35 heavy (non-hydrogen) atoms. The number of halogens is 1. The molecule has 2 heterocycles. The number of carbonyl (C=O) groups excluding carboxylic acids is 1. The number of nitrogens with one attached hydrogen (secondary N) is 2. The fourth-order valence-electron chi connectivity index (χ4n) is 4.21. The number of amides is 1. The Bertz CT molecular complexity index is 1480. The molecular formula is C27H29FN2O4S. The first-order valence-electron chi connectivity index (χ1n) is 11.3. The lowest BCUT2D eigenvalue weighted by atomic mass is 9.83. The van der Waals surface area contributed by atoms with Gasteiger partial charge in [-0.05, 0) is 61.5 Å². The SMILES string of the molecule is COc1ccc2[nH]c(=O)c3sccc3c2c1-c1ccc(C(C)(C)CNC(=O)OC(C)(C)C)c(F)c1. The Morgan fingerprint density at radius 3 is 2.51 bits per heavy atom. The van der Waals surface area contributed by atoms with Crippen LogP contribution in [0.5, 0.6) is 5.75 Å². The lowest BCUT2D eigenvalue weighted by Gasteiger charge is -2.28. The molecule has 4 rings (SSSR count). The number of hydrogen-bond donors (Lipinski definition) is 2. The van der Waals surface area contributed by atoms with Gasteiger partial charge >= 0.3 is 6.09 Å². The quantitative estimate of drug-likeness (QED) is 0.337. The van der Waals surface area contributed by atoms with Crippen LogP contribution in [0.1, 0.15) is 40.2 Å². The summed E-state index contributed by atoms with van der Waals surface area (Å²) in [6.07, 6.45) is -0.545.